The monoisotopic (exact) mass is 301 g/mol. The Morgan fingerprint density at radius 3 is 2.90 bits per heavy atom. The summed E-state index contributed by atoms with van der Waals surface area (Å²) < 4.78 is 4.80. The summed E-state index contributed by atoms with van der Waals surface area (Å²) in [6.45, 7) is 1.37. The van der Waals surface area contributed by atoms with Gasteiger partial charge in [0, 0.05) is 26.3 Å². The molecule has 0 fully saturated rings. The first-order chi connectivity index (χ1) is 9.54. The average Bonchev–Trinajstić information content (AvgIpc) is 2.40. The molecule has 0 aliphatic rings. The maximum absolute atomic E-state index is 11.4. The van der Waals surface area contributed by atoms with Gasteiger partial charge in [-0.1, -0.05) is 17.7 Å². The molecule has 0 unspecified atom stereocenters. The van der Waals surface area contributed by atoms with E-state index in [0.29, 0.717) is 25.3 Å². The van der Waals surface area contributed by atoms with E-state index in [1.165, 1.54) is 12.1 Å². The molecule has 0 aromatic heterocycles. The van der Waals surface area contributed by atoms with Crippen molar-refractivity contribution < 1.29 is 14.5 Å². The van der Waals surface area contributed by atoms with Crippen LogP contribution < -0.4 is 10.6 Å². The SMILES string of the molecule is COCCNC(=O)CNCc1ccc(Cl)c([N+](=O)[O-])c1. The van der Waals surface area contributed by atoms with Crippen LogP contribution in [0.5, 0.6) is 0 Å². The van der Waals surface area contributed by atoms with Gasteiger partial charge in [0.2, 0.25) is 5.91 Å². The number of carbonyl (C=O) groups is 1. The maximum Gasteiger partial charge on any atom is 0.288 e. The van der Waals surface area contributed by atoms with E-state index in [-0.39, 0.29) is 23.2 Å². The zero-order chi connectivity index (χ0) is 15.0. The Morgan fingerprint density at radius 2 is 2.25 bits per heavy atom. The quantitative estimate of drug-likeness (QED) is 0.426. The fourth-order valence-corrected chi connectivity index (χ4v) is 1.67. The predicted molar refractivity (Wildman–Crippen MR) is 74.7 cm³/mol. The largest absolute Gasteiger partial charge is 0.383 e. The Hall–Kier alpha value is -1.70. The van der Waals surface area contributed by atoms with Crippen molar-refractivity contribution in [2.75, 3.05) is 26.8 Å². The predicted octanol–water partition coefficient (Wildman–Crippen LogP) is 1.10. The zero-order valence-electron chi connectivity index (χ0n) is 11.0. The number of hydrogen-bond donors (Lipinski definition) is 2. The highest BCUT2D eigenvalue weighted by atomic mass is 35.5. The van der Waals surface area contributed by atoms with E-state index in [1.807, 2.05) is 0 Å². The summed E-state index contributed by atoms with van der Waals surface area (Å²) in [4.78, 5) is 21.6. The summed E-state index contributed by atoms with van der Waals surface area (Å²) in [6, 6.07) is 4.53. The van der Waals surface area contributed by atoms with E-state index < -0.39 is 4.92 Å². The lowest BCUT2D eigenvalue weighted by atomic mass is 10.2. The summed E-state index contributed by atoms with van der Waals surface area (Å²) in [5.41, 5.74) is 0.543. The van der Waals surface area contributed by atoms with Crippen molar-refractivity contribution in [1.82, 2.24) is 10.6 Å². The van der Waals surface area contributed by atoms with Crippen molar-refractivity contribution in [3.63, 3.8) is 0 Å². The maximum atomic E-state index is 11.4. The molecule has 0 aliphatic heterocycles. The van der Waals surface area contributed by atoms with Crippen LogP contribution in [-0.4, -0.2) is 37.6 Å². The lowest BCUT2D eigenvalue weighted by molar-refractivity contribution is -0.384. The molecule has 0 atom stereocenters. The molecule has 0 heterocycles. The highest BCUT2D eigenvalue weighted by Gasteiger charge is 2.12. The van der Waals surface area contributed by atoms with E-state index in [0.717, 1.165) is 0 Å². The molecule has 1 amide bonds. The second-order valence-electron chi connectivity index (χ2n) is 3.99. The summed E-state index contributed by atoms with van der Waals surface area (Å²) in [5.74, 6) is -0.162. The molecule has 1 aromatic carbocycles. The number of amides is 1. The lowest BCUT2D eigenvalue weighted by Gasteiger charge is -2.06. The van der Waals surface area contributed by atoms with Crippen LogP contribution in [0.15, 0.2) is 18.2 Å². The van der Waals surface area contributed by atoms with E-state index in [4.69, 9.17) is 16.3 Å². The number of halogens is 1. The number of methoxy groups -OCH3 is 1. The molecule has 0 saturated heterocycles. The van der Waals surface area contributed by atoms with Gasteiger partial charge in [0.05, 0.1) is 18.1 Å². The number of nitro benzene ring substituents is 1. The van der Waals surface area contributed by atoms with Crippen molar-refractivity contribution in [1.29, 1.82) is 0 Å². The standard InChI is InChI=1S/C12H16ClN3O4/c1-20-5-4-15-12(17)8-14-7-9-2-3-10(13)11(6-9)16(18)19/h2-3,6,14H,4-5,7-8H2,1H3,(H,15,17). The normalized spacial score (nSPS) is 10.3. The first kappa shape index (κ1) is 16.4. The Morgan fingerprint density at radius 1 is 1.50 bits per heavy atom. The highest BCUT2D eigenvalue weighted by Crippen LogP contribution is 2.24. The molecule has 1 aromatic rings. The number of hydrogen-bond acceptors (Lipinski definition) is 5. The fraction of sp³-hybridized carbons (Fsp3) is 0.417. The number of nitrogens with one attached hydrogen (secondary N) is 2. The molecule has 0 spiro atoms. The van der Waals surface area contributed by atoms with Gasteiger partial charge < -0.3 is 15.4 Å². The van der Waals surface area contributed by atoms with Gasteiger partial charge >= 0.3 is 0 Å². The number of rotatable bonds is 8. The molecule has 2 N–H and O–H groups in total. The molecular formula is C12H16ClN3O4. The summed E-state index contributed by atoms with van der Waals surface area (Å²) in [6.07, 6.45) is 0. The van der Waals surface area contributed by atoms with Crippen LogP contribution >= 0.6 is 11.6 Å². The first-order valence-corrected chi connectivity index (χ1v) is 6.31. The van der Waals surface area contributed by atoms with Gasteiger partial charge in [0.25, 0.3) is 5.69 Å². The van der Waals surface area contributed by atoms with Crippen molar-refractivity contribution in [3.8, 4) is 0 Å². The molecule has 0 radical (unpaired) electrons. The average molecular weight is 302 g/mol. The van der Waals surface area contributed by atoms with Gasteiger partial charge in [0.15, 0.2) is 0 Å². The summed E-state index contributed by atoms with van der Waals surface area (Å²) >= 11 is 5.71. The van der Waals surface area contributed by atoms with Crippen LogP contribution in [0.25, 0.3) is 0 Å². The number of nitrogens with zero attached hydrogens (tertiary/aromatic N) is 1. The second-order valence-corrected chi connectivity index (χ2v) is 4.40. The number of carbonyl (C=O) groups excluding carboxylic acids is 1. The first-order valence-electron chi connectivity index (χ1n) is 5.93. The van der Waals surface area contributed by atoms with Gasteiger partial charge in [-0.2, -0.15) is 0 Å². The minimum atomic E-state index is -0.538. The van der Waals surface area contributed by atoms with Crippen molar-refractivity contribution in [3.05, 3.63) is 38.9 Å². The third kappa shape index (κ3) is 5.52. The minimum absolute atomic E-state index is 0.0936. The number of ether oxygens (including phenoxy) is 1. The van der Waals surface area contributed by atoms with Crippen molar-refractivity contribution in [2.24, 2.45) is 0 Å². The van der Waals surface area contributed by atoms with E-state index >= 15 is 0 Å². The molecule has 0 bridgehead atoms. The zero-order valence-corrected chi connectivity index (χ0v) is 11.8. The molecule has 8 heteroatoms. The summed E-state index contributed by atoms with van der Waals surface area (Å²) in [5, 5.41) is 16.4. The molecule has 1 rings (SSSR count). The molecule has 7 nitrogen and oxygen atoms in total. The van der Waals surface area contributed by atoms with E-state index in [9.17, 15) is 14.9 Å². The van der Waals surface area contributed by atoms with Gasteiger partial charge in [-0.25, -0.2) is 0 Å². The van der Waals surface area contributed by atoms with Gasteiger partial charge in [-0.15, -0.1) is 0 Å². The second kappa shape index (κ2) is 8.47. The van der Waals surface area contributed by atoms with Crippen LogP contribution in [0.3, 0.4) is 0 Å². The third-order valence-electron chi connectivity index (χ3n) is 2.45. The molecule has 0 aliphatic carbocycles. The Bertz CT molecular complexity index is 482. The van der Waals surface area contributed by atoms with Gasteiger partial charge in [-0.3, -0.25) is 14.9 Å². The minimum Gasteiger partial charge on any atom is -0.383 e. The van der Waals surface area contributed by atoms with Crippen molar-refractivity contribution >= 4 is 23.2 Å². The smallest absolute Gasteiger partial charge is 0.288 e. The van der Waals surface area contributed by atoms with Crippen molar-refractivity contribution in [2.45, 2.75) is 6.54 Å². The highest BCUT2D eigenvalue weighted by molar-refractivity contribution is 6.32. The third-order valence-corrected chi connectivity index (χ3v) is 2.77. The molecule has 20 heavy (non-hydrogen) atoms. The molecule has 110 valence electrons. The van der Waals surface area contributed by atoms with E-state index in [2.05, 4.69) is 10.6 Å². The van der Waals surface area contributed by atoms with Crippen LogP contribution in [0, 0.1) is 10.1 Å². The number of benzene rings is 1. The molecular weight excluding hydrogens is 286 g/mol. The lowest BCUT2D eigenvalue weighted by Crippen LogP contribution is -2.35. The van der Waals surface area contributed by atoms with Crippen LogP contribution in [0.1, 0.15) is 5.56 Å². The molecule has 0 saturated carbocycles. The fourth-order valence-electron chi connectivity index (χ4n) is 1.48. The summed E-state index contributed by atoms with van der Waals surface area (Å²) in [7, 11) is 1.55. The van der Waals surface area contributed by atoms with Crippen LogP contribution in [0.2, 0.25) is 5.02 Å². The van der Waals surface area contributed by atoms with E-state index in [1.54, 1.807) is 13.2 Å². The number of nitro groups is 1. The van der Waals surface area contributed by atoms with Crippen LogP contribution in [-0.2, 0) is 16.1 Å². The Kier molecular flexibility index (Phi) is 6.92. The van der Waals surface area contributed by atoms with Gasteiger partial charge in [-0.05, 0) is 11.6 Å². The van der Waals surface area contributed by atoms with Gasteiger partial charge in [0.1, 0.15) is 5.02 Å². The Balaban J connectivity index is 2.40. The van der Waals surface area contributed by atoms with Crippen LogP contribution in [0.4, 0.5) is 5.69 Å². The Labute approximate surface area is 121 Å². The topological polar surface area (TPSA) is 93.5 Å².